The summed E-state index contributed by atoms with van der Waals surface area (Å²) in [6.45, 7) is 4.17. The van der Waals surface area contributed by atoms with Gasteiger partial charge < -0.3 is 21.7 Å². The lowest BCUT2D eigenvalue weighted by atomic mass is 9.82. The number of anilines is 7. The molecule has 8 N–H and O–H groups in total. The Bertz CT molecular complexity index is 2820. The van der Waals surface area contributed by atoms with Gasteiger partial charge in [0.1, 0.15) is 9.79 Å². The van der Waals surface area contributed by atoms with Gasteiger partial charge in [-0.2, -0.15) is 40.2 Å². The van der Waals surface area contributed by atoms with Gasteiger partial charge in [-0.15, -0.1) is 0 Å². The summed E-state index contributed by atoms with van der Waals surface area (Å²) in [6.07, 6.45) is 0. The number of ketones is 2. The number of nitrogens with zero attached hydrogens (tertiary/aromatic N) is 3. The average Bonchev–Trinajstić information content (AvgIpc) is 3.06. The third-order valence-electron chi connectivity index (χ3n) is 8.43. The molecular weight excluding hydrogens is 790 g/mol. The van der Waals surface area contributed by atoms with E-state index >= 15 is 0 Å². The van der Waals surface area contributed by atoms with Crippen LogP contribution in [0.25, 0.3) is 0 Å². The van der Waals surface area contributed by atoms with E-state index in [1.807, 2.05) is 0 Å². The van der Waals surface area contributed by atoms with Crippen LogP contribution >= 0.6 is 11.6 Å². The van der Waals surface area contributed by atoms with Crippen molar-refractivity contribution in [3.63, 3.8) is 0 Å². The maximum absolute atomic E-state index is 13.9. The zero-order valence-corrected chi connectivity index (χ0v) is 31.0. The van der Waals surface area contributed by atoms with Gasteiger partial charge in [0, 0.05) is 22.5 Å². The Kier molecular flexibility index (Phi) is 9.47. The molecule has 1 aliphatic rings. The molecule has 18 nitrogen and oxygen atoms in total. The first-order chi connectivity index (χ1) is 25.1. The number of fused-ring (bicyclic) bond motifs is 2. The first kappa shape index (κ1) is 38.2. The van der Waals surface area contributed by atoms with E-state index in [1.165, 1.54) is 57.2 Å². The van der Waals surface area contributed by atoms with Crippen LogP contribution in [0.15, 0.2) is 69.3 Å². The second-order valence-electron chi connectivity index (χ2n) is 11.8. The maximum Gasteiger partial charge on any atom is 0.296 e. The number of rotatable bonds is 9. The van der Waals surface area contributed by atoms with E-state index in [1.54, 1.807) is 0 Å². The largest absolute Gasteiger partial charge is 0.397 e. The highest BCUT2D eigenvalue weighted by atomic mass is 35.5. The fourth-order valence-electron chi connectivity index (χ4n) is 6.11. The highest BCUT2D eigenvalue weighted by Gasteiger charge is 2.37. The van der Waals surface area contributed by atoms with Gasteiger partial charge in [-0.1, -0.05) is 24.3 Å². The average molecular weight is 816 g/mol. The fourth-order valence-corrected chi connectivity index (χ4v) is 8.38. The Hall–Kier alpha value is -5.55. The summed E-state index contributed by atoms with van der Waals surface area (Å²) >= 11 is 6.17. The molecule has 4 aromatic carbocycles. The lowest BCUT2D eigenvalue weighted by molar-refractivity contribution is 0.0980. The van der Waals surface area contributed by atoms with E-state index < -0.39 is 63.0 Å². The van der Waals surface area contributed by atoms with Crippen molar-refractivity contribution in [3.8, 4) is 0 Å². The molecule has 0 radical (unpaired) electrons. The highest BCUT2D eigenvalue weighted by molar-refractivity contribution is 7.86. The molecule has 0 amide bonds. The van der Waals surface area contributed by atoms with Gasteiger partial charge in [0.25, 0.3) is 30.4 Å². The molecule has 22 heteroatoms. The molecule has 280 valence electrons. The molecule has 0 atom stereocenters. The lowest BCUT2D eigenvalue weighted by Crippen LogP contribution is -2.25. The molecule has 0 unspecified atom stereocenters. The molecule has 6 rings (SSSR count). The van der Waals surface area contributed by atoms with Crippen LogP contribution in [0, 0.1) is 20.8 Å². The zero-order chi connectivity index (χ0) is 39.7. The molecule has 1 heterocycles. The standard InChI is InChI=1S/C32H26ClN7O11S3/c1-13-25(36-20-12-21(53(46,47)48)24(34)23-22(20)27(41)18-6-4-5-7-19(18)28(23)42)14(2)29(54(49,50)51)15(3)26(13)37-32-39-30(33)38-31(40-32)35-16-8-10-17(11-9-16)52(43,44)45/h4-12,36H,34H2,1-3H3,(H,43,44,45)(H,46,47,48)(H,49,50,51)(H2,35,37,38,39,40). The number of hydrogen-bond donors (Lipinski definition) is 7. The van der Waals surface area contributed by atoms with Crippen LogP contribution in [0.1, 0.15) is 48.5 Å². The molecular formula is C32H26ClN7O11S3. The Labute approximate surface area is 312 Å². The summed E-state index contributed by atoms with van der Waals surface area (Å²) in [6, 6.07) is 11.4. The van der Waals surface area contributed by atoms with E-state index in [9.17, 15) is 48.5 Å². The summed E-state index contributed by atoms with van der Waals surface area (Å²) in [5.74, 6) is -1.97. The SMILES string of the molecule is Cc1c(Nc2nc(Cl)nc(Nc3ccc(S(=O)(=O)O)cc3)n2)c(C)c(S(=O)(=O)O)c(C)c1Nc1cc(S(=O)(=O)O)c(N)c2c1C(=O)c1ccccc1C2=O. The molecule has 54 heavy (non-hydrogen) atoms. The highest BCUT2D eigenvalue weighted by Crippen LogP contribution is 2.44. The molecule has 0 fully saturated rings. The quantitative estimate of drug-likeness (QED) is 0.0763. The van der Waals surface area contributed by atoms with E-state index in [-0.39, 0.29) is 78.2 Å². The number of aromatic nitrogens is 3. The number of nitrogens with two attached hydrogens (primary N) is 1. The number of nitrogen functional groups attached to an aromatic ring is 1. The third-order valence-corrected chi connectivity index (χ3v) is 11.5. The van der Waals surface area contributed by atoms with E-state index in [0.717, 1.165) is 18.2 Å². The minimum Gasteiger partial charge on any atom is -0.397 e. The molecule has 1 aromatic heterocycles. The van der Waals surface area contributed by atoms with E-state index in [0.29, 0.717) is 0 Å². The van der Waals surface area contributed by atoms with Crippen LogP contribution in [0.2, 0.25) is 5.28 Å². The molecule has 1 aliphatic carbocycles. The van der Waals surface area contributed by atoms with Crippen LogP contribution in [0.5, 0.6) is 0 Å². The molecule has 0 spiro atoms. The van der Waals surface area contributed by atoms with E-state index in [2.05, 4.69) is 30.9 Å². The molecule has 5 aromatic rings. The Morgan fingerprint density at radius 3 is 1.69 bits per heavy atom. The third kappa shape index (κ3) is 6.96. The van der Waals surface area contributed by atoms with Gasteiger partial charge in [-0.05, 0) is 79.4 Å². The number of halogens is 1. The molecule has 0 aliphatic heterocycles. The van der Waals surface area contributed by atoms with Gasteiger partial charge in [0.2, 0.25) is 17.2 Å². The first-order valence-corrected chi connectivity index (χ1v) is 19.8. The van der Waals surface area contributed by atoms with Crippen molar-refractivity contribution in [2.45, 2.75) is 35.5 Å². The van der Waals surface area contributed by atoms with Crippen LogP contribution in [-0.4, -0.2) is 65.4 Å². The smallest absolute Gasteiger partial charge is 0.296 e. The molecule has 0 saturated carbocycles. The fraction of sp³-hybridized carbons (Fsp3) is 0.0938. The van der Waals surface area contributed by atoms with Gasteiger partial charge in [-0.25, -0.2) is 0 Å². The molecule has 0 saturated heterocycles. The van der Waals surface area contributed by atoms with Crippen LogP contribution in [0.3, 0.4) is 0 Å². The van der Waals surface area contributed by atoms with Crippen LogP contribution < -0.4 is 21.7 Å². The predicted octanol–water partition coefficient (Wildman–Crippen LogP) is 4.78. The van der Waals surface area contributed by atoms with Crippen molar-refractivity contribution in [1.29, 1.82) is 0 Å². The number of carbonyl (C=O) groups excluding carboxylic acids is 2. The Morgan fingerprint density at radius 2 is 1.17 bits per heavy atom. The molecule has 0 bridgehead atoms. The van der Waals surface area contributed by atoms with Crippen molar-refractivity contribution >= 4 is 93.9 Å². The predicted molar refractivity (Wildman–Crippen MR) is 195 cm³/mol. The summed E-state index contributed by atoms with van der Waals surface area (Å²) < 4.78 is 103. The number of carbonyl (C=O) groups is 2. The van der Waals surface area contributed by atoms with E-state index in [4.69, 9.17) is 17.3 Å². The Morgan fingerprint density at radius 1 is 0.648 bits per heavy atom. The summed E-state index contributed by atoms with van der Waals surface area (Å²) in [5.41, 5.74) is 4.29. The van der Waals surface area contributed by atoms with Crippen molar-refractivity contribution in [1.82, 2.24) is 15.0 Å². The van der Waals surface area contributed by atoms with Crippen molar-refractivity contribution in [2.24, 2.45) is 0 Å². The van der Waals surface area contributed by atoms with Crippen LogP contribution in [-0.2, 0) is 30.4 Å². The monoisotopic (exact) mass is 815 g/mol. The van der Waals surface area contributed by atoms with Crippen molar-refractivity contribution in [3.05, 3.63) is 98.8 Å². The van der Waals surface area contributed by atoms with Crippen LogP contribution in [0.4, 0.5) is 40.3 Å². The first-order valence-electron chi connectivity index (χ1n) is 15.1. The minimum atomic E-state index is -5.10. The van der Waals surface area contributed by atoms with Crippen molar-refractivity contribution < 1.29 is 48.5 Å². The van der Waals surface area contributed by atoms with Gasteiger partial charge >= 0.3 is 0 Å². The topological polar surface area (TPSA) is 298 Å². The summed E-state index contributed by atoms with van der Waals surface area (Å²) in [5, 5.41) is 8.13. The lowest BCUT2D eigenvalue weighted by Gasteiger charge is -2.26. The number of nitrogens with one attached hydrogen (secondary N) is 3. The van der Waals surface area contributed by atoms with Gasteiger partial charge in [0.15, 0.2) is 11.6 Å². The maximum atomic E-state index is 13.9. The normalized spacial score (nSPS) is 12.9. The summed E-state index contributed by atoms with van der Waals surface area (Å²) in [4.78, 5) is 37.9. The Balaban J connectivity index is 1.51. The zero-order valence-electron chi connectivity index (χ0n) is 27.8. The second-order valence-corrected chi connectivity index (χ2v) is 16.3. The van der Waals surface area contributed by atoms with Gasteiger partial charge in [0.05, 0.1) is 33.1 Å². The van der Waals surface area contributed by atoms with Crippen molar-refractivity contribution in [2.75, 3.05) is 21.7 Å². The number of benzene rings is 4. The van der Waals surface area contributed by atoms with Gasteiger partial charge in [-0.3, -0.25) is 23.2 Å². The second kappa shape index (κ2) is 13.4. The minimum absolute atomic E-state index is 0.0199. The number of hydrogen-bond acceptors (Lipinski definition) is 15. The summed E-state index contributed by atoms with van der Waals surface area (Å²) in [7, 11) is -14.6.